The smallest absolute Gasteiger partial charge is 0.294 e. The molecule has 0 spiro atoms. The largest absolute Gasteiger partial charge is 0.478 e. The second-order valence-corrected chi connectivity index (χ2v) is 3.84. The van der Waals surface area contributed by atoms with E-state index < -0.39 is 10.1 Å². The summed E-state index contributed by atoms with van der Waals surface area (Å²) in [6.07, 6.45) is 0. The molecule has 0 atom stereocenters. The Morgan fingerprint density at radius 2 is 1.85 bits per heavy atom. The number of halogens is 1. The third-order valence-electron chi connectivity index (χ3n) is 1.34. The van der Waals surface area contributed by atoms with E-state index in [9.17, 15) is 8.42 Å². The van der Waals surface area contributed by atoms with Gasteiger partial charge in [-0.05, 0) is 24.3 Å². The highest BCUT2D eigenvalue weighted by atomic mass is 35.5. The summed E-state index contributed by atoms with van der Waals surface area (Å²) in [6, 6.07) is 5.27. The summed E-state index contributed by atoms with van der Waals surface area (Å²) in [5.74, 6) is 0.447. The molecule has 0 amide bonds. The first-order chi connectivity index (χ1) is 6.04. The number of hydrogen-bond donors (Lipinski definition) is 1. The van der Waals surface area contributed by atoms with Gasteiger partial charge in [-0.1, -0.05) is 11.6 Å². The molecule has 6 heteroatoms. The first kappa shape index (κ1) is 10.3. The number of alkyl halides is 1. The summed E-state index contributed by atoms with van der Waals surface area (Å²) in [5.41, 5.74) is 0. The Kier molecular flexibility index (Phi) is 3.13. The minimum atomic E-state index is -4.12. The van der Waals surface area contributed by atoms with Crippen molar-refractivity contribution in [3.8, 4) is 5.75 Å². The molecule has 0 aromatic heterocycles. The monoisotopic (exact) mass is 222 g/mol. The normalized spacial score (nSPS) is 11.2. The zero-order chi connectivity index (χ0) is 9.90. The van der Waals surface area contributed by atoms with Gasteiger partial charge >= 0.3 is 0 Å². The van der Waals surface area contributed by atoms with Crippen molar-refractivity contribution in [1.29, 1.82) is 0 Å². The lowest BCUT2D eigenvalue weighted by molar-refractivity contribution is 0.387. The highest BCUT2D eigenvalue weighted by molar-refractivity contribution is 7.85. The fourth-order valence-electron chi connectivity index (χ4n) is 0.771. The molecule has 0 aliphatic rings. The summed E-state index contributed by atoms with van der Waals surface area (Å²) in [6.45, 7) is 0. The molecule has 4 nitrogen and oxygen atoms in total. The zero-order valence-corrected chi connectivity index (χ0v) is 8.05. The Hall–Kier alpha value is -0.780. The summed E-state index contributed by atoms with van der Waals surface area (Å²) in [4.78, 5) is -0.172. The highest BCUT2D eigenvalue weighted by Crippen LogP contribution is 2.15. The van der Waals surface area contributed by atoms with Gasteiger partial charge in [-0.2, -0.15) is 8.42 Å². The van der Waals surface area contributed by atoms with Gasteiger partial charge in [0.05, 0.1) is 4.90 Å². The van der Waals surface area contributed by atoms with E-state index in [0.29, 0.717) is 5.75 Å². The van der Waals surface area contributed by atoms with Crippen LogP contribution in [-0.4, -0.2) is 19.0 Å². The van der Waals surface area contributed by atoms with Gasteiger partial charge in [0.2, 0.25) is 0 Å². The maximum Gasteiger partial charge on any atom is 0.294 e. The number of hydrogen-bond acceptors (Lipinski definition) is 3. The molecule has 0 heterocycles. The SMILES string of the molecule is O=S(=O)(O)c1ccc(OCCl)cc1. The lowest BCUT2D eigenvalue weighted by Crippen LogP contribution is -1.97. The van der Waals surface area contributed by atoms with Gasteiger partial charge in [0.25, 0.3) is 10.1 Å². The molecule has 72 valence electrons. The lowest BCUT2D eigenvalue weighted by Gasteiger charge is -2.01. The zero-order valence-electron chi connectivity index (χ0n) is 6.47. The van der Waals surface area contributed by atoms with E-state index in [0.717, 1.165) is 0 Å². The van der Waals surface area contributed by atoms with Gasteiger partial charge in [0, 0.05) is 0 Å². The molecule has 1 N–H and O–H groups in total. The summed E-state index contributed by atoms with van der Waals surface area (Å²) in [7, 11) is -4.12. The van der Waals surface area contributed by atoms with Crippen LogP contribution in [0.3, 0.4) is 0 Å². The Morgan fingerprint density at radius 1 is 1.31 bits per heavy atom. The number of benzene rings is 1. The maximum absolute atomic E-state index is 10.6. The molecule has 0 bridgehead atoms. The fourth-order valence-corrected chi connectivity index (χ4v) is 1.38. The Labute approximate surface area is 80.8 Å². The average Bonchev–Trinajstić information content (AvgIpc) is 2.04. The van der Waals surface area contributed by atoms with Crippen LogP contribution in [0.5, 0.6) is 5.75 Å². The van der Waals surface area contributed by atoms with Crippen LogP contribution < -0.4 is 4.74 Å². The van der Waals surface area contributed by atoms with E-state index in [1.165, 1.54) is 24.3 Å². The Bertz CT molecular complexity index is 370. The van der Waals surface area contributed by atoms with Gasteiger partial charge in [0.1, 0.15) is 5.75 Å². The van der Waals surface area contributed by atoms with Crippen LogP contribution in [0.15, 0.2) is 29.2 Å². The molecule has 0 fully saturated rings. The third kappa shape index (κ3) is 2.87. The van der Waals surface area contributed by atoms with Crippen molar-refractivity contribution in [2.45, 2.75) is 4.90 Å². The van der Waals surface area contributed by atoms with E-state index in [2.05, 4.69) is 0 Å². The van der Waals surface area contributed by atoms with Gasteiger partial charge in [-0.15, -0.1) is 0 Å². The van der Waals surface area contributed by atoms with Crippen molar-refractivity contribution in [2.24, 2.45) is 0 Å². The molecule has 1 aromatic rings. The molecule has 0 unspecified atom stereocenters. The van der Waals surface area contributed by atoms with Crippen LogP contribution in [0.1, 0.15) is 0 Å². The molecule has 1 aromatic carbocycles. The standard InChI is InChI=1S/C7H7ClO4S/c8-5-12-6-1-3-7(4-2-6)13(9,10)11/h1-4H,5H2,(H,9,10,11). The molecular weight excluding hydrogens is 216 g/mol. The van der Waals surface area contributed by atoms with Crippen molar-refractivity contribution in [3.63, 3.8) is 0 Å². The van der Waals surface area contributed by atoms with Crippen LogP contribution in [-0.2, 0) is 10.1 Å². The Morgan fingerprint density at radius 3 is 2.23 bits per heavy atom. The van der Waals surface area contributed by atoms with Gasteiger partial charge < -0.3 is 4.74 Å². The van der Waals surface area contributed by atoms with Crippen molar-refractivity contribution in [3.05, 3.63) is 24.3 Å². The van der Waals surface area contributed by atoms with Crippen molar-refractivity contribution in [1.82, 2.24) is 0 Å². The Balaban J connectivity index is 2.94. The van der Waals surface area contributed by atoms with E-state index in [1.807, 2.05) is 0 Å². The van der Waals surface area contributed by atoms with Gasteiger partial charge in [-0.25, -0.2) is 0 Å². The number of rotatable bonds is 3. The molecule has 0 radical (unpaired) electrons. The summed E-state index contributed by atoms with van der Waals surface area (Å²) in [5, 5.41) is 0. The first-order valence-corrected chi connectivity index (χ1v) is 5.28. The topological polar surface area (TPSA) is 63.6 Å². The van der Waals surface area contributed by atoms with E-state index in [4.69, 9.17) is 20.9 Å². The van der Waals surface area contributed by atoms with E-state index >= 15 is 0 Å². The molecule has 1 rings (SSSR count). The quantitative estimate of drug-likeness (QED) is 0.622. The van der Waals surface area contributed by atoms with Crippen molar-refractivity contribution >= 4 is 21.7 Å². The van der Waals surface area contributed by atoms with Crippen LogP contribution in [0, 0.1) is 0 Å². The predicted octanol–water partition coefficient (Wildman–Crippen LogP) is 1.51. The molecule has 13 heavy (non-hydrogen) atoms. The maximum atomic E-state index is 10.6. The summed E-state index contributed by atoms with van der Waals surface area (Å²) < 4.78 is 34.7. The molecule has 0 saturated heterocycles. The minimum absolute atomic E-state index is 0.00871. The highest BCUT2D eigenvalue weighted by Gasteiger charge is 2.08. The van der Waals surface area contributed by atoms with E-state index in [1.54, 1.807) is 0 Å². The number of ether oxygens (including phenoxy) is 1. The van der Waals surface area contributed by atoms with Crippen molar-refractivity contribution < 1.29 is 17.7 Å². The van der Waals surface area contributed by atoms with Crippen molar-refractivity contribution in [2.75, 3.05) is 6.07 Å². The summed E-state index contributed by atoms with van der Waals surface area (Å²) >= 11 is 5.28. The van der Waals surface area contributed by atoms with Crippen LogP contribution in [0.4, 0.5) is 0 Å². The molecule has 0 saturated carbocycles. The second-order valence-electron chi connectivity index (χ2n) is 2.20. The fraction of sp³-hybridized carbons (Fsp3) is 0.143. The van der Waals surface area contributed by atoms with Crippen LogP contribution >= 0.6 is 11.6 Å². The second kappa shape index (κ2) is 3.95. The predicted molar refractivity (Wildman–Crippen MR) is 47.6 cm³/mol. The third-order valence-corrected chi connectivity index (χ3v) is 2.32. The molecule has 0 aliphatic heterocycles. The van der Waals surface area contributed by atoms with Gasteiger partial charge in [-0.3, -0.25) is 4.55 Å². The minimum Gasteiger partial charge on any atom is -0.478 e. The van der Waals surface area contributed by atoms with E-state index in [-0.39, 0.29) is 11.0 Å². The van der Waals surface area contributed by atoms with Crippen LogP contribution in [0.2, 0.25) is 0 Å². The first-order valence-electron chi connectivity index (χ1n) is 3.30. The lowest BCUT2D eigenvalue weighted by atomic mass is 10.3. The average molecular weight is 223 g/mol. The van der Waals surface area contributed by atoms with Crippen LogP contribution in [0.25, 0.3) is 0 Å². The molecular formula is C7H7ClO4S. The van der Waals surface area contributed by atoms with Gasteiger partial charge in [0.15, 0.2) is 6.07 Å². The molecule has 0 aliphatic carbocycles.